The summed E-state index contributed by atoms with van der Waals surface area (Å²) in [5, 5.41) is 0. The number of carbonyl (C=O) groups excluding carboxylic acids is 1. The monoisotopic (exact) mass is 408 g/mol. The summed E-state index contributed by atoms with van der Waals surface area (Å²) >= 11 is 4.95. The molecule has 1 saturated carbocycles. The molecule has 4 nitrogen and oxygen atoms in total. The standard InChI is InChI=1S/C18H21BrN2O2S/c1-17-7-4-8-18(2,16(22)23-3)13(17)6-5-10-11(17)9-12(19)15-14(10)20-24-21-15/h9,13H,4-8H2,1-3H3/t13-,17-,18-/m1/s1. The van der Waals surface area contributed by atoms with Crippen molar-refractivity contribution in [2.24, 2.45) is 11.3 Å². The van der Waals surface area contributed by atoms with Crippen molar-refractivity contribution in [2.75, 3.05) is 7.11 Å². The van der Waals surface area contributed by atoms with Gasteiger partial charge in [-0.15, -0.1) is 0 Å². The average Bonchev–Trinajstić information content (AvgIpc) is 3.05. The van der Waals surface area contributed by atoms with Gasteiger partial charge in [0, 0.05) is 4.47 Å². The Morgan fingerprint density at radius 1 is 1.33 bits per heavy atom. The van der Waals surface area contributed by atoms with Crippen molar-refractivity contribution in [3.8, 4) is 0 Å². The molecule has 1 aromatic carbocycles. The van der Waals surface area contributed by atoms with Crippen LogP contribution in [0.3, 0.4) is 0 Å². The molecule has 0 spiro atoms. The Bertz CT molecular complexity index is 836. The fourth-order valence-electron chi connectivity index (χ4n) is 5.32. The highest BCUT2D eigenvalue weighted by Crippen LogP contribution is 2.58. The first kappa shape index (κ1) is 16.5. The van der Waals surface area contributed by atoms with Crippen LogP contribution in [-0.4, -0.2) is 21.8 Å². The van der Waals surface area contributed by atoms with E-state index in [1.165, 1.54) is 30.0 Å². The molecule has 24 heavy (non-hydrogen) atoms. The summed E-state index contributed by atoms with van der Waals surface area (Å²) in [6.07, 6.45) is 5.02. The van der Waals surface area contributed by atoms with E-state index in [1.54, 1.807) is 0 Å². The molecule has 0 N–H and O–H groups in total. The van der Waals surface area contributed by atoms with Gasteiger partial charge in [0.05, 0.1) is 24.3 Å². The van der Waals surface area contributed by atoms with Gasteiger partial charge in [0.15, 0.2) is 0 Å². The zero-order valence-electron chi connectivity index (χ0n) is 14.2. The van der Waals surface area contributed by atoms with Crippen LogP contribution >= 0.6 is 27.7 Å². The van der Waals surface area contributed by atoms with E-state index in [0.29, 0.717) is 5.92 Å². The highest BCUT2D eigenvalue weighted by atomic mass is 79.9. The fourth-order valence-corrected chi connectivity index (χ4v) is 6.52. The van der Waals surface area contributed by atoms with Crippen LogP contribution in [-0.2, 0) is 21.4 Å². The second-order valence-corrected chi connectivity index (χ2v) is 9.00. The molecule has 1 aromatic heterocycles. The van der Waals surface area contributed by atoms with Crippen LogP contribution in [0, 0.1) is 11.3 Å². The van der Waals surface area contributed by atoms with Gasteiger partial charge in [-0.3, -0.25) is 4.79 Å². The average molecular weight is 409 g/mol. The van der Waals surface area contributed by atoms with Crippen LogP contribution in [0.25, 0.3) is 11.0 Å². The molecule has 0 unspecified atom stereocenters. The van der Waals surface area contributed by atoms with Crippen LogP contribution in [0.5, 0.6) is 0 Å². The highest BCUT2D eigenvalue weighted by molar-refractivity contribution is 9.10. The number of rotatable bonds is 1. The van der Waals surface area contributed by atoms with E-state index in [-0.39, 0.29) is 11.4 Å². The number of hydrogen-bond donors (Lipinski definition) is 0. The lowest BCUT2D eigenvalue weighted by Crippen LogP contribution is -2.52. The van der Waals surface area contributed by atoms with Crippen LogP contribution < -0.4 is 0 Å². The van der Waals surface area contributed by atoms with Crippen molar-refractivity contribution < 1.29 is 9.53 Å². The first-order chi connectivity index (χ1) is 11.4. The number of aromatic nitrogens is 2. The first-order valence-corrected chi connectivity index (χ1v) is 9.96. The number of fused-ring (bicyclic) bond motifs is 5. The summed E-state index contributed by atoms with van der Waals surface area (Å²) < 4.78 is 15.2. The molecular weight excluding hydrogens is 388 g/mol. The van der Waals surface area contributed by atoms with E-state index in [1.807, 2.05) is 0 Å². The summed E-state index contributed by atoms with van der Waals surface area (Å²) in [4.78, 5) is 12.6. The highest BCUT2D eigenvalue weighted by Gasteiger charge is 2.56. The third kappa shape index (κ3) is 2.05. The summed E-state index contributed by atoms with van der Waals surface area (Å²) in [5.74, 6) is 0.243. The largest absolute Gasteiger partial charge is 0.469 e. The number of hydrogen-bond acceptors (Lipinski definition) is 5. The van der Waals surface area contributed by atoms with Gasteiger partial charge in [0.25, 0.3) is 0 Å². The summed E-state index contributed by atoms with van der Waals surface area (Å²) in [7, 11) is 1.51. The molecule has 0 radical (unpaired) electrons. The number of aryl methyl sites for hydroxylation is 1. The van der Waals surface area contributed by atoms with E-state index in [0.717, 1.165) is 47.6 Å². The van der Waals surface area contributed by atoms with Gasteiger partial charge in [-0.2, -0.15) is 8.75 Å². The Hall–Kier alpha value is -1.01. The van der Waals surface area contributed by atoms with E-state index in [2.05, 4.69) is 44.6 Å². The zero-order valence-corrected chi connectivity index (χ0v) is 16.6. The second kappa shape index (κ2) is 5.49. The molecular formula is C18H21BrN2O2S. The molecule has 3 atom stereocenters. The number of esters is 1. The smallest absolute Gasteiger partial charge is 0.311 e. The third-order valence-corrected chi connectivity index (χ3v) is 7.61. The van der Waals surface area contributed by atoms with Gasteiger partial charge in [0.2, 0.25) is 0 Å². The van der Waals surface area contributed by atoms with E-state index >= 15 is 0 Å². The predicted molar refractivity (Wildman–Crippen MR) is 98.3 cm³/mol. The van der Waals surface area contributed by atoms with Gasteiger partial charge in [-0.05, 0) is 77.1 Å². The molecule has 0 saturated heterocycles. The molecule has 128 valence electrons. The molecule has 2 aliphatic rings. The Balaban J connectivity index is 1.91. The number of halogens is 1. The minimum Gasteiger partial charge on any atom is -0.469 e. The van der Waals surface area contributed by atoms with E-state index in [9.17, 15) is 4.79 Å². The van der Waals surface area contributed by atoms with Crippen LogP contribution in [0.1, 0.15) is 50.7 Å². The Morgan fingerprint density at radius 3 is 2.83 bits per heavy atom. The van der Waals surface area contributed by atoms with Crippen molar-refractivity contribution in [1.82, 2.24) is 8.75 Å². The molecule has 2 aromatic rings. The predicted octanol–water partition coefficient (Wildman–Crippen LogP) is 4.64. The van der Waals surface area contributed by atoms with Crippen LogP contribution in [0.4, 0.5) is 0 Å². The molecule has 0 bridgehead atoms. The van der Waals surface area contributed by atoms with Crippen molar-refractivity contribution in [3.05, 3.63) is 21.7 Å². The molecule has 2 aliphatic carbocycles. The fraction of sp³-hybridized carbons (Fsp3) is 0.611. The Morgan fingerprint density at radius 2 is 2.08 bits per heavy atom. The number of methoxy groups -OCH3 is 1. The lowest BCUT2D eigenvalue weighted by atomic mass is 9.50. The van der Waals surface area contributed by atoms with Gasteiger partial charge in [-0.1, -0.05) is 13.3 Å². The Labute approximate surface area is 154 Å². The van der Waals surface area contributed by atoms with Crippen LogP contribution in [0.2, 0.25) is 0 Å². The van der Waals surface area contributed by atoms with E-state index < -0.39 is 5.41 Å². The Kier molecular flexibility index (Phi) is 3.77. The third-order valence-electron chi connectivity index (χ3n) is 6.48. The quantitative estimate of drug-likeness (QED) is 0.644. The summed E-state index contributed by atoms with van der Waals surface area (Å²) in [5.41, 5.74) is 4.26. The normalized spacial score (nSPS) is 32.2. The topological polar surface area (TPSA) is 52.1 Å². The van der Waals surface area contributed by atoms with Crippen molar-refractivity contribution in [2.45, 2.75) is 51.4 Å². The second-order valence-electron chi connectivity index (χ2n) is 7.62. The van der Waals surface area contributed by atoms with Gasteiger partial charge in [0.1, 0.15) is 11.0 Å². The van der Waals surface area contributed by atoms with Crippen molar-refractivity contribution in [3.63, 3.8) is 0 Å². The summed E-state index contributed by atoms with van der Waals surface area (Å²) in [6, 6.07) is 2.23. The maximum atomic E-state index is 12.6. The number of nitrogens with zero attached hydrogens (tertiary/aromatic N) is 2. The lowest BCUT2D eigenvalue weighted by molar-refractivity contribution is -0.161. The number of carbonyl (C=O) groups is 1. The molecule has 1 fully saturated rings. The molecule has 1 heterocycles. The summed E-state index contributed by atoms with van der Waals surface area (Å²) in [6.45, 7) is 4.43. The number of ether oxygens (including phenoxy) is 1. The number of benzene rings is 1. The first-order valence-electron chi connectivity index (χ1n) is 8.44. The van der Waals surface area contributed by atoms with Crippen LogP contribution in [0.15, 0.2) is 10.5 Å². The molecule has 4 rings (SSSR count). The van der Waals surface area contributed by atoms with Crippen molar-refractivity contribution in [1.29, 1.82) is 0 Å². The SMILES string of the molecule is COC(=O)[C@]1(C)CCC[C@]2(C)c3cc(Br)c4nsnc4c3CC[C@@H]12. The van der Waals surface area contributed by atoms with Gasteiger partial charge in [-0.25, -0.2) is 0 Å². The van der Waals surface area contributed by atoms with Gasteiger partial charge < -0.3 is 4.74 Å². The van der Waals surface area contributed by atoms with E-state index in [4.69, 9.17) is 4.74 Å². The van der Waals surface area contributed by atoms with Crippen molar-refractivity contribution >= 4 is 44.7 Å². The lowest BCUT2D eigenvalue weighted by Gasteiger charge is -2.54. The molecule has 0 amide bonds. The minimum atomic E-state index is -0.402. The maximum Gasteiger partial charge on any atom is 0.311 e. The molecule has 0 aliphatic heterocycles. The maximum absolute atomic E-state index is 12.6. The minimum absolute atomic E-state index is 0.0188. The van der Waals surface area contributed by atoms with Gasteiger partial charge >= 0.3 is 5.97 Å². The molecule has 6 heteroatoms. The zero-order chi connectivity index (χ0) is 17.1.